The van der Waals surface area contributed by atoms with E-state index in [-0.39, 0.29) is 4.65 Å². The van der Waals surface area contributed by atoms with Crippen LogP contribution >= 0.6 is 0 Å². The van der Waals surface area contributed by atoms with Crippen LogP contribution in [0.15, 0.2) is 36.5 Å². The largest absolute Gasteiger partial charge is 0.633 e. The van der Waals surface area contributed by atoms with Gasteiger partial charge in [0.25, 0.3) is 0 Å². The Hall–Kier alpha value is -2.11. The molecule has 1 fully saturated rings. The van der Waals surface area contributed by atoms with Crippen molar-refractivity contribution in [2.75, 3.05) is 50.5 Å². The van der Waals surface area contributed by atoms with Crippen molar-refractivity contribution in [1.82, 2.24) is 4.98 Å². The second kappa shape index (κ2) is 6.18. The Kier molecular flexibility index (Phi) is 4.24. The topological polar surface area (TPSA) is 51.2 Å². The molecule has 23 heavy (non-hydrogen) atoms. The lowest BCUT2D eigenvalue weighted by molar-refractivity contribution is -0.861. The molecule has 0 radical (unpaired) electrons. The number of aromatic nitrogens is 1. The van der Waals surface area contributed by atoms with Gasteiger partial charge in [0.05, 0.1) is 45.1 Å². The molecule has 1 saturated heterocycles. The predicted octanol–water partition coefficient (Wildman–Crippen LogP) is 2.86. The normalized spacial score (nSPS) is 17.1. The molecule has 5 nitrogen and oxygen atoms in total. The molecule has 0 amide bonds. The number of nitrogens with one attached hydrogen (secondary N) is 1. The van der Waals surface area contributed by atoms with E-state index < -0.39 is 0 Å². The first-order chi connectivity index (χ1) is 11.0. The highest BCUT2D eigenvalue weighted by molar-refractivity contribution is 5.81. The molecule has 0 bridgehead atoms. The monoisotopic (exact) mass is 312 g/mol. The zero-order valence-corrected chi connectivity index (χ0v) is 14.0. The summed E-state index contributed by atoms with van der Waals surface area (Å²) in [6.45, 7) is 4.83. The summed E-state index contributed by atoms with van der Waals surface area (Å²) < 4.78 is -0.157. The second-order valence-corrected chi connectivity index (χ2v) is 6.38. The second-order valence-electron chi connectivity index (χ2n) is 6.38. The van der Waals surface area contributed by atoms with Gasteiger partial charge in [-0.25, -0.2) is 4.98 Å². The number of hydroxylamine groups is 3. The van der Waals surface area contributed by atoms with Crippen LogP contribution in [0, 0.1) is 12.1 Å². The lowest BCUT2D eigenvalue weighted by Gasteiger charge is -2.45. The Morgan fingerprint density at radius 3 is 2.52 bits per heavy atom. The minimum atomic E-state index is -0.157. The summed E-state index contributed by atoms with van der Waals surface area (Å²) in [5.74, 6) is 0.946. The zero-order chi connectivity index (χ0) is 16.4. The lowest BCUT2D eigenvalue weighted by Crippen LogP contribution is -2.53. The molecule has 0 aliphatic carbocycles. The SMILES string of the molecule is CNc1cnc(N2CC[N+](C)([O-])CC2)cc1-c1ccccc1C. The molecule has 1 aromatic heterocycles. The summed E-state index contributed by atoms with van der Waals surface area (Å²) in [6.07, 6.45) is 1.89. The smallest absolute Gasteiger partial charge is 0.129 e. The van der Waals surface area contributed by atoms with Gasteiger partial charge in [-0.1, -0.05) is 24.3 Å². The van der Waals surface area contributed by atoms with Crippen molar-refractivity contribution in [2.24, 2.45) is 0 Å². The van der Waals surface area contributed by atoms with Gasteiger partial charge in [0, 0.05) is 12.6 Å². The number of likely N-dealkylation sites (N-methyl/N-ethyl adjacent to an activating group) is 1. The van der Waals surface area contributed by atoms with Crippen molar-refractivity contribution in [2.45, 2.75) is 6.92 Å². The maximum atomic E-state index is 12.0. The fourth-order valence-corrected chi connectivity index (χ4v) is 3.03. The van der Waals surface area contributed by atoms with Crippen molar-refractivity contribution < 1.29 is 4.65 Å². The number of hydrogen-bond donors (Lipinski definition) is 1. The van der Waals surface area contributed by atoms with Gasteiger partial charge in [-0.15, -0.1) is 0 Å². The van der Waals surface area contributed by atoms with Crippen LogP contribution in [-0.4, -0.2) is 49.9 Å². The molecule has 3 rings (SSSR count). The van der Waals surface area contributed by atoms with Crippen molar-refractivity contribution >= 4 is 11.5 Å². The third-order valence-electron chi connectivity index (χ3n) is 4.60. The van der Waals surface area contributed by atoms with E-state index in [1.807, 2.05) is 13.2 Å². The van der Waals surface area contributed by atoms with Crippen LogP contribution in [0.5, 0.6) is 0 Å². The van der Waals surface area contributed by atoms with Crippen LogP contribution in [0.4, 0.5) is 11.5 Å². The Balaban J connectivity index is 1.96. The molecule has 1 aliphatic rings. The zero-order valence-electron chi connectivity index (χ0n) is 14.0. The fraction of sp³-hybridized carbons (Fsp3) is 0.389. The highest BCUT2D eigenvalue weighted by Crippen LogP contribution is 2.32. The van der Waals surface area contributed by atoms with Gasteiger partial charge in [-0.05, 0) is 24.1 Å². The minimum absolute atomic E-state index is 0.157. The van der Waals surface area contributed by atoms with Crippen LogP contribution in [-0.2, 0) is 0 Å². The number of benzene rings is 1. The summed E-state index contributed by atoms with van der Waals surface area (Å²) in [5, 5.41) is 15.2. The molecular formula is C18H24N4O. The molecular weight excluding hydrogens is 288 g/mol. The van der Waals surface area contributed by atoms with E-state index in [4.69, 9.17) is 0 Å². The summed E-state index contributed by atoms with van der Waals surface area (Å²) in [7, 11) is 3.66. The van der Waals surface area contributed by atoms with E-state index in [9.17, 15) is 5.21 Å². The number of piperazine rings is 1. The van der Waals surface area contributed by atoms with Crippen molar-refractivity contribution in [3.05, 3.63) is 47.3 Å². The minimum Gasteiger partial charge on any atom is -0.633 e. The Morgan fingerprint density at radius 1 is 1.17 bits per heavy atom. The Bertz CT molecular complexity index is 689. The molecule has 0 spiro atoms. The Labute approximate surface area is 137 Å². The van der Waals surface area contributed by atoms with Gasteiger partial charge < -0.3 is 20.1 Å². The van der Waals surface area contributed by atoms with E-state index in [1.165, 1.54) is 11.1 Å². The average Bonchev–Trinajstić information content (AvgIpc) is 2.55. The number of aryl methyl sites for hydroxylation is 1. The molecule has 2 heterocycles. The number of anilines is 2. The van der Waals surface area contributed by atoms with E-state index in [1.54, 1.807) is 7.05 Å². The van der Waals surface area contributed by atoms with E-state index >= 15 is 0 Å². The number of rotatable bonds is 3. The first kappa shape index (κ1) is 15.8. The van der Waals surface area contributed by atoms with Crippen molar-refractivity contribution in [3.63, 3.8) is 0 Å². The number of quaternary nitrogens is 1. The number of hydrogen-bond acceptors (Lipinski definition) is 4. The molecule has 1 N–H and O–H groups in total. The average molecular weight is 312 g/mol. The maximum absolute atomic E-state index is 12.0. The van der Waals surface area contributed by atoms with Gasteiger partial charge >= 0.3 is 0 Å². The maximum Gasteiger partial charge on any atom is 0.129 e. The first-order valence-corrected chi connectivity index (χ1v) is 8.04. The molecule has 5 heteroatoms. The molecule has 0 unspecified atom stereocenters. The molecule has 2 aromatic rings. The quantitative estimate of drug-likeness (QED) is 0.699. The van der Waals surface area contributed by atoms with Crippen LogP contribution in [0.2, 0.25) is 0 Å². The molecule has 1 aliphatic heterocycles. The van der Waals surface area contributed by atoms with Crippen LogP contribution in [0.1, 0.15) is 5.56 Å². The van der Waals surface area contributed by atoms with E-state index in [0.29, 0.717) is 13.1 Å². The van der Waals surface area contributed by atoms with Gasteiger partial charge in [-0.3, -0.25) is 0 Å². The summed E-state index contributed by atoms with van der Waals surface area (Å²) in [6, 6.07) is 10.5. The summed E-state index contributed by atoms with van der Waals surface area (Å²) >= 11 is 0. The van der Waals surface area contributed by atoms with Gasteiger partial charge in [0.2, 0.25) is 0 Å². The van der Waals surface area contributed by atoms with E-state index in [0.717, 1.165) is 30.2 Å². The fourth-order valence-electron chi connectivity index (χ4n) is 3.03. The first-order valence-electron chi connectivity index (χ1n) is 8.04. The summed E-state index contributed by atoms with van der Waals surface area (Å²) in [4.78, 5) is 6.80. The standard InChI is InChI=1S/C18H24N4O/c1-14-6-4-5-7-15(14)16-12-18(20-13-17(16)19-2)21-8-10-22(3,23)11-9-21/h4-7,12-13,19H,8-11H2,1-3H3. The predicted molar refractivity (Wildman–Crippen MR) is 95.5 cm³/mol. The number of pyridine rings is 1. The molecule has 0 atom stereocenters. The molecule has 122 valence electrons. The van der Waals surface area contributed by atoms with Crippen molar-refractivity contribution in [1.29, 1.82) is 0 Å². The van der Waals surface area contributed by atoms with Gasteiger partial charge in [0.1, 0.15) is 5.82 Å². The van der Waals surface area contributed by atoms with Crippen molar-refractivity contribution in [3.8, 4) is 11.1 Å². The van der Waals surface area contributed by atoms with Crippen LogP contribution in [0.3, 0.4) is 0 Å². The highest BCUT2D eigenvalue weighted by Gasteiger charge is 2.23. The highest BCUT2D eigenvalue weighted by atomic mass is 16.5. The van der Waals surface area contributed by atoms with E-state index in [2.05, 4.69) is 52.5 Å². The molecule has 0 saturated carbocycles. The Morgan fingerprint density at radius 2 is 1.87 bits per heavy atom. The van der Waals surface area contributed by atoms with Gasteiger partial charge in [-0.2, -0.15) is 0 Å². The van der Waals surface area contributed by atoms with Crippen LogP contribution < -0.4 is 10.2 Å². The molecule has 1 aromatic carbocycles. The lowest BCUT2D eigenvalue weighted by atomic mass is 10.00. The van der Waals surface area contributed by atoms with Gasteiger partial charge in [0.15, 0.2) is 0 Å². The number of nitrogens with zero attached hydrogens (tertiary/aromatic N) is 3. The summed E-state index contributed by atoms with van der Waals surface area (Å²) in [5.41, 5.74) is 4.62. The third-order valence-corrected chi connectivity index (χ3v) is 4.60. The van der Waals surface area contributed by atoms with Crippen LogP contribution in [0.25, 0.3) is 11.1 Å². The third kappa shape index (κ3) is 3.30.